The lowest BCUT2D eigenvalue weighted by Gasteiger charge is -2.09. The molecule has 2 N–H and O–H groups in total. The van der Waals surface area contributed by atoms with Gasteiger partial charge in [-0.1, -0.05) is 12.1 Å². The molecule has 0 saturated carbocycles. The normalized spacial score (nSPS) is 11.5. The van der Waals surface area contributed by atoms with Crippen molar-refractivity contribution in [1.82, 2.24) is 25.3 Å². The zero-order valence-electron chi connectivity index (χ0n) is 16.1. The van der Waals surface area contributed by atoms with Crippen LogP contribution in [0.3, 0.4) is 0 Å². The Hall–Kier alpha value is -3.30. The Labute approximate surface area is 164 Å². The summed E-state index contributed by atoms with van der Waals surface area (Å²) in [6.07, 6.45) is -4.26. The third-order valence-corrected chi connectivity index (χ3v) is 4.44. The van der Waals surface area contributed by atoms with Crippen LogP contribution < -0.4 is 10.1 Å². The number of aryl methyl sites for hydroxylation is 2. The fraction of sp³-hybridized carbons (Fsp3) is 0.316. The summed E-state index contributed by atoms with van der Waals surface area (Å²) in [6.45, 7) is 4.12. The van der Waals surface area contributed by atoms with Crippen LogP contribution in [0.5, 0.6) is 5.75 Å². The van der Waals surface area contributed by atoms with E-state index in [0.29, 0.717) is 24.4 Å². The smallest absolute Gasteiger partial charge is 0.406 e. The fourth-order valence-corrected chi connectivity index (χ4v) is 2.98. The Morgan fingerprint density at radius 3 is 2.52 bits per heavy atom. The maximum atomic E-state index is 12.3. The molecule has 1 amide bonds. The molecule has 0 aliphatic heterocycles. The summed E-state index contributed by atoms with van der Waals surface area (Å²) in [5, 5.41) is 14.0. The van der Waals surface area contributed by atoms with E-state index in [9.17, 15) is 18.0 Å². The molecule has 0 atom stereocenters. The van der Waals surface area contributed by atoms with Gasteiger partial charge in [-0.15, -0.1) is 13.2 Å². The van der Waals surface area contributed by atoms with Crippen LogP contribution in [-0.2, 0) is 13.5 Å². The number of amides is 1. The van der Waals surface area contributed by atoms with Gasteiger partial charge in [-0.05, 0) is 44.0 Å². The van der Waals surface area contributed by atoms with Gasteiger partial charge >= 0.3 is 6.36 Å². The van der Waals surface area contributed by atoms with Crippen molar-refractivity contribution < 1.29 is 22.7 Å². The summed E-state index contributed by atoms with van der Waals surface area (Å²) in [5.41, 5.74) is 4.37. The second kappa shape index (κ2) is 7.98. The number of nitrogens with one attached hydrogen (secondary N) is 2. The van der Waals surface area contributed by atoms with E-state index in [1.165, 1.54) is 24.3 Å². The molecule has 0 bridgehead atoms. The van der Waals surface area contributed by atoms with E-state index in [4.69, 9.17) is 0 Å². The third-order valence-electron chi connectivity index (χ3n) is 4.44. The van der Waals surface area contributed by atoms with Crippen molar-refractivity contribution in [2.75, 3.05) is 6.54 Å². The summed E-state index contributed by atoms with van der Waals surface area (Å²) in [5.74, 6) is -0.601. The zero-order chi connectivity index (χ0) is 21.2. The van der Waals surface area contributed by atoms with Crippen molar-refractivity contribution >= 4 is 5.91 Å². The molecule has 0 saturated heterocycles. The van der Waals surface area contributed by atoms with Gasteiger partial charge in [0, 0.05) is 24.8 Å². The minimum absolute atomic E-state index is 0.281. The molecule has 0 radical (unpaired) electrons. The average molecular weight is 407 g/mol. The highest BCUT2D eigenvalue weighted by molar-refractivity contribution is 5.93. The largest absolute Gasteiger partial charge is 0.573 e. The zero-order valence-corrected chi connectivity index (χ0v) is 16.1. The first-order valence-corrected chi connectivity index (χ1v) is 8.83. The van der Waals surface area contributed by atoms with Crippen LogP contribution in [0.1, 0.15) is 27.4 Å². The van der Waals surface area contributed by atoms with Crippen LogP contribution in [0.2, 0.25) is 0 Å². The number of nitrogens with zero attached hydrogens (tertiary/aromatic N) is 3. The van der Waals surface area contributed by atoms with Gasteiger partial charge in [-0.3, -0.25) is 14.6 Å². The number of rotatable bonds is 6. The van der Waals surface area contributed by atoms with Crippen LogP contribution in [0.4, 0.5) is 13.2 Å². The number of ether oxygens (including phenoxy) is 1. The summed E-state index contributed by atoms with van der Waals surface area (Å²) in [6, 6.07) is 7.19. The van der Waals surface area contributed by atoms with Crippen molar-refractivity contribution in [3.05, 3.63) is 53.0 Å². The Bertz CT molecular complexity index is 1010. The van der Waals surface area contributed by atoms with Gasteiger partial charge in [0.2, 0.25) is 0 Å². The van der Waals surface area contributed by atoms with E-state index < -0.39 is 6.36 Å². The van der Waals surface area contributed by atoms with Gasteiger partial charge in [0.1, 0.15) is 11.4 Å². The molecule has 2 aromatic heterocycles. The third kappa shape index (κ3) is 4.95. The second-order valence-electron chi connectivity index (χ2n) is 6.53. The Morgan fingerprint density at radius 2 is 1.93 bits per heavy atom. The van der Waals surface area contributed by atoms with E-state index in [1.54, 1.807) is 10.7 Å². The lowest BCUT2D eigenvalue weighted by Crippen LogP contribution is -2.26. The molecule has 3 aromatic rings. The predicted molar refractivity (Wildman–Crippen MR) is 99.4 cm³/mol. The lowest BCUT2D eigenvalue weighted by atomic mass is 10.1. The molecule has 154 valence electrons. The number of carbonyl (C=O) groups is 1. The molecular weight excluding hydrogens is 387 g/mol. The molecule has 2 heterocycles. The first-order valence-electron chi connectivity index (χ1n) is 8.83. The van der Waals surface area contributed by atoms with Crippen LogP contribution in [0.15, 0.2) is 30.3 Å². The first kappa shape index (κ1) is 20.4. The predicted octanol–water partition coefficient (Wildman–Crippen LogP) is 3.30. The maximum Gasteiger partial charge on any atom is 0.573 e. The average Bonchev–Trinajstić information content (AvgIpc) is 3.20. The Kier molecular flexibility index (Phi) is 5.62. The molecule has 10 heteroatoms. The van der Waals surface area contributed by atoms with Gasteiger partial charge in [-0.2, -0.15) is 10.2 Å². The molecular formula is C19H20F3N5O2. The van der Waals surface area contributed by atoms with Crippen LogP contribution in [0, 0.1) is 13.8 Å². The Balaban J connectivity index is 1.56. The van der Waals surface area contributed by atoms with Crippen LogP contribution >= 0.6 is 0 Å². The van der Waals surface area contributed by atoms with Crippen molar-refractivity contribution in [2.45, 2.75) is 26.6 Å². The first-order chi connectivity index (χ1) is 13.6. The van der Waals surface area contributed by atoms with Gasteiger partial charge in [0.25, 0.3) is 5.91 Å². The molecule has 3 rings (SSSR count). The number of hydrogen-bond acceptors (Lipinski definition) is 4. The molecule has 1 aromatic carbocycles. The topological polar surface area (TPSA) is 84.8 Å². The number of halogens is 3. The number of alkyl halides is 3. The highest BCUT2D eigenvalue weighted by Crippen LogP contribution is 2.25. The summed E-state index contributed by atoms with van der Waals surface area (Å²) in [4.78, 5) is 12.3. The fourth-order valence-electron chi connectivity index (χ4n) is 2.98. The number of benzene rings is 1. The molecule has 0 aliphatic rings. The molecule has 29 heavy (non-hydrogen) atoms. The Morgan fingerprint density at radius 1 is 1.24 bits per heavy atom. The summed E-state index contributed by atoms with van der Waals surface area (Å²) < 4.78 is 42.1. The van der Waals surface area contributed by atoms with Gasteiger partial charge in [0.15, 0.2) is 0 Å². The van der Waals surface area contributed by atoms with Gasteiger partial charge < -0.3 is 10.1 Å². The SMILES string of the molecule is Cc1nn(C)c(C)c1-c1cc(C(=O)NCCc2ccc(OC(F)(F)F)cc2)[nH]n1. The number of hydrogen-bond donors (Lipinski definition) is 2. The maximum absolute atomic E-state index is 12.3. The van der Waals surface area contributed by atoms with E-state index in [-0.39, 0.29) is 11.7 Å². The van der Waals surface area contributed by atoms with Gasteiger partial charge in [-0.25, -0.2) is 0 Å². The van der Waals surface area contributed by atoms with Crippen LogP contribution in [0.25, 0.3) is 11.3 Å². The van der Waals surface area contributed by atoms with E-state index in [0.717, 1.165) is 22.5 Å². The van der Waals surface area contributed by atoms with E-state index in [1.807, 2.05) is 20.9 Å². The molecule has 0 fully saturated rings. The summed E-state index contributed by atoms with van der Waals surface area (Å²) in [7, 11) is 1.84. The molecule has 7 nitrogen and oxygen atoms in total. The molecule has 0 aliphatic carbocycles. The minimum atomic E-state index is -4.72. The van der Waals surface area contributed by atoms with Crippen molar-refractivity contribution in [2.24, 2.45) is 7.05 Å². The quantitative estimate of drug-likeness (QED) is 0.657. The highest BCUT2D eigenvalue weighted by atomic mass is 19.4. The second-order valence-corrected chi connectivity index (χ2v) is 6.53. The number of carbonyl (C=O) groups excluding carboxylic acids is 1. The van der Waals surface area contributed by atoms with Crippen molar-refractivity contribution in [3.63, 3.8) is 0 Å². The highest BCUT2D eigenvalue weighted by Gasteiger charge is 2.30. The van der Waals surface area contributed by atoms with E-state index in [2.05, 4.69) is 25.3 Å². The molecule has 0 spiro atoms. The molecule has 0 unspecified atom stereocenters. The van der Waals surface area contributed by atoms with Crippen molar-refractivity contribution in [3.8, 4) is 17.0 Å². The van der Waals surface area contributed by atoms with Crippen molar-refractivity contribution in [1.29, 1.82) is 0 Å². The number of aromatic nitrogens is 4. The minimum Gasteiger partial charge on any atom is -0.406 e. The monoisotopic (exact) mass is 407 g/mol. The number of H-pyrrole nitrogens is 1. The number of aromatic amines is 1. The lowest BCUT2D eigenvalue weighted by molar-refractivity contribution is -0.274. The standard InChI is InChI=1S/C19H20F3N5O2/c1-11-17(12(2)27(3)26-11)15-10-16(25-24-15)18(28)23-9-8-13-4-6-14(7-5-13)29-19(20,21)22/h4-7,10H,8-9H2,1-3H3,(H,23,28)(H,24,25). The van der Waals surface area contributed by atoms with Gasteiger partial charge in [0.05, 0.1) is 11.4 Å². The summed E-state index contributed by atoms with van der Waals surface area (Å²) >= 11 is 0. The van der Waals surface area contributed by atoms with E-state index >= 15 is 0 Å². The van der Waals surface area contributed by atoms with Crippen LogP contribution in [-0.4, -0.2) is 38.8 Å².